The van der Waals surface area contributed by atoms with E-state index in [1.807, 2.05) is 42.5 Å². The first-order valence-electron chi connectivity index (χ1n) is 9.39. The molecule has 142 valence electrons. The van der Waals surface area contributed by atoms with Crippen molar-refractivity contribution in [3.63, 3.8) is 0 Å². The van der Waals surface area contributed by atoms with Crippen molar-refractivity contribution in [1.29, 1.82) is 0 Å². The fourth-order valence-electron chi connectivity index (χ4n) is 3.62. The molecule has 1 atom stereocenters. The molecular formula is C23H21FN2O2. The first-order valence-corrected chi connectivity index (χ1v) is 9.39. The van der Waals surface area contributed by atoms with Crippen molar-refractivity contribution < 1.29 is 14.0 Å². The molecule has 0 spiro atoms. The first kappa shape index (κ1) is 18.2. The Morgan fingerprint density at radius 1 is 1.00 bits per heavy atom. The lowest BCUT2D eigenvalue weighted by Crippen LogP contribution is -2.41. The van der Waals surface area contributed by atoms with Crippen molar-refractivity contribution in [3.8, 4) is 0 Å². The Labute approximate surface area is 163 Å². The van der Waals surface area contributed by atoms with E-state index in [0.717, 1.165) is 21.9 Å². The van der Waals surface area contributed by atoms with Gasteiger partial charge in [0, 0.05) is 13.1 Å². The van der Waals surface area contributed by atoms with Crippen LogP contribution in [0.2, 0.25) is 0 Å². The second kappa shape index (κ2) is 7.80. The smallest absolute Gasteiger partial charge is 0.245 e. The van der Waals surface area contributed by atoms with E-state index in [9.17, 15) is 14.0 Å². The minimum atomic E-state index is -0.492. The van der Waals surface area contributed by atoms with Gasteiger partial charge in [-0.3, -0.25) is 9.59 Å². The maximum atomic E-state index is 13.0. The Bertz CT molecular complexity index is 1020. The summed E-state index contributed by atoms with van der Waals surface area (Å²) in [7, 11) is 0. The lowest BCUT2D eigenvalue weighted by molar-refractivity contribution is -0.132. The Balaban J connectivity index is 1.35. The summed E-state index contributed by atoms with van der Waals surface area (Å²) in [6.45, 7) is 1.01. The minimum Gasteiger partial charge on any atom is -0.344 e. The fourth-order valence-corrected chi connectivity index (χ4v) is 3.62. The molecule has 4 nitrogen and oxygen atoms in total. The van der Waals surface area contributed by atoms with Crippen LogP contribution in [-0.4, -0.2) is 29.3 Å². The molecule has 28 heavy (non-hydrogen) atoms. The monoisotopic (exact) mass is 376 g/mol. The van der Waals surface area contributed by atoms with E-state index in [4.69, 9.17) is 0 Å². The first-order chi connectivity index (χ1) is 13.6. The van der Waals surface area contributed by atoms with Crippen LogP contribution in [0.25, 0.3) is 10.8 Å². The summed E-state index contributed by atoms with van der Waals surface area (Å²) in [5.74, 6) is -0.538. The molecule has 3 aromatic carbocycles. The highest BCUT2D eigenvalue weighted by Crippen LogP contribution is 2.18. The van der Waals surface area contributed by atoms with Gasteiger partial charge in [0.15, 0.2) is 0 Å². The molecule has 0 radical (unpaired) electrons. The third-order valence-electron chi connectivity index (χ3n) is 5.10. The molecule has 3 aromatic rings. The molecule has 1 aliphatic rings. The number of nitrogens with one attached hydrogen (secondary N) is 1. The average molecular weight is 376 g/mol. The van der Waals surface area contributed by atoms with Crippen LogP contribution in [0, 0.1) is 5.82 Å². The zero-order valence-electron chi connectivity index (χ0n) is 15.4. The van der Waals surface area contributed by atoms with Crippen molar-refractivity contribution in [3.05, 3.63) is 83.7 Å². The molecule has 1 saturated heterocycles. The lowest BCUT2D eigenvalue weighted by atomic mass is 10.0. The summed E-state index contributed by atoms with van der Waals surface area (Å²) in [5, 5.41) is 5.09. The number of carbonyl (C=O) groups excluding carboxylic acids is 2. The molecule has 1 aliphatic heterocycles. The van der Waals surface area contributed by atoms with Crippen molar-refractivity contribution in [1.82, 2.24) is 10.2 Å². The van der Waals surface area contributed by atoms with Gasteiger partial charge >= 0.3 is 0 Å². The number of halogens is 1. The number of amides is 2. The van der Waals surface area contributed by atoms with Crippen LogP contribution in [0.3, 0.4) is 0 Å². The van der Waals surface area contributed by atoms with Crippen LogP contribution in [0.4, 0.5) is 4.39 Å². The average Bonchev–Trinajstić information content (AvgIpc) is 3.03. The summed E-state index contributed by atoms with van der Waals surface area (Å²) in [4.78, 5) is 26.7. The number of rotatable bonds is 5. The van der Waals surface area contributed by atoms with Gasteiger partial charge in [-0.05, 0) is 40.5 Å². The SMILES string of the molecule is O=C(Cc1ccc2ccccc2c1)N[C@H]1CCN(Cc2ccc(F)cc2)C1=O. The van der Waals surface area contributed by atoms with Crippen LogP contribution in [-0.2, 0) is 22.6 Å². The Morgan fingerprint density at radius 2 is 1.71 bits per heavy atom. The third-order valence-corrected chi connectivity index (χ3v) is 5.10. The predicted octanol–water partition coefficient (Wildman–Crippen LogP) is 3.44. The molecule has 4 rings (SSSR count). The summed E-state index contributed by atoms with van der Waals surface area (Å²) < 4.78 is 13.0. The molecular weight excluding hydrogens is 355 g/mol. The second-order valence-corrected chi connectivity index (χ2v) is 7.15. The van der Waals surface area contributed by atoms with E-state index in [1.54, 1.807) is 17.0 Å². The highest BCUT2D eigenvalue weighted by Gasteiger charge is 2.32. The van der Waals surface area contributed by atoms with Crippen molar-refractivity contribution >= 4 is 22.6 Å². The molecule has 1 N–H and O–H groups in total. The second-order valence-electron chi connectivity index (χ2n) is 7.15. The zero-order valence-corrected chi connectivity index (χ0v) is 15.4. The highest BCUT2D eigenvalue weighted by atomic mass is 19.1. The molecule has 0 aliphatic carbocycles. The van der Waals surface area contributed by atoms with Gasteiger partial charge in [0.1, 0.15) is 11.9 Å². The summed E-state index contributed by atoms with van der Waals surface area (Å²) in [5.41, 5.74) is 1.79. The number of benzene rings is 3. The zero-order chi connectivity index (χ0) is 19.5. The van der Waals surface area contributed by atoms with Gasteiger partial charge in [0.25, 0.3) is 0 Å². The summed E-state index contributed by atoms with van der Waals surface area (Å²) in [6.07, 6.45) is 0.829. The highest BCUT2D eigenvalue weighted by molar-refractivity contribution is 5.90. The van der Waals surface area contributed by atoms with Crippen molar-refractivity contribution in [2.75, 3.05) is 6.54 Å². The molecule has 5 heteroatoms. The number of nitrogens with zero attached hydrogens (tertiary/aromatic N) is 1. The van der Waals surface area contributed by atoms with Gasteiger partial charge < -0.3 is 10.2 Å². The van der Waals surface area contributed by atoms with Gasteiger partial charge in [-0.25, -0.2) is 4.39 Å². The van der Waals surface area contributed by atoms with Crippen LogP contribution in [0.15, 0.2) is 66.7 Å². The third kappa shape index (κ3) is 4.03. The largest absolute Gasteiger partial charge is 0.344 e. The Morgan fingerprint density at radius 3 is 2.50 bits per heavy atom. The van der Waals surface area contributed by atoms with Crippen molar-refractivity contribution in [2.45, 2.75) is 25.4 Å². The molecule has 1 heterocycles. The normalized spacial score (nSPS) is 16.5. The Hall–Kier alpha value is -3.21. The van der Waals surface area contributed by atoms with Gasteiger partial charge in [-0.15, -0.1) is 0 Å². The predicted molar refractivity (Wildman–Crippen MR) is 106 cm³/mol. The van der Waals surface area contributed by atoms with E-state index in [-0.39, 0.29) is 24.1 Å². The number of likely N-dealkylation sites (tertiary alicyclic amines) is 1. The van der Waals surface area contributed by atoms with Gasteiger partial charge in [-0.1, -0.05) is 54.6 Å². The standard InChI is InChI=1S/C23H21FN2O2/c24-20-9-6-16(7-10-20)15-26-12-11-21(23(26)28)25-22(27)14-17-5-8-18-3-1-2-4-19(18)13-17/h1-10,13,21H,11-12,14-15H2,(H,25,27)/t21-/m0/s1. The van der Waals surface area contributed by atoms with E-state index in [2.05, 4.69) is 5.32 Å². The number of hydrogen-bond donors (Lipinski definition) is 1. The summed E-state index contributed by atoms with van der Waals surface area (Å²) in [6, 6.07) is 19.6. The van der Waals surface area contributed by atoms with E-state index in [0.29, 0.717) is 19.5 Å². The van der Waals surface area contributed by atoms with Crippen LogP contribution in [0.1, 0.15) is 17.5 Å². The maximum Gasteiger partial charge on any atom is 0.245 e. The van der Waals surface area contributed by atoms with Gasteiger partial charge in [-0.2, -0.15) is 0 Å². The summed E-state index contributed by atoms with van der Waals surface area (Å²) >= 11 is 0. The van der Waals surface area contributed by atoms with Gasteiger partial charge in [0.05, 0.1) is 6.42 Å². The fraction of sp³-hybridized carbons (Fsp3) is 0.217. The van der Waals surface area contributed by atoms with Gasteiger partial charge in [0.2, 0.25) is 11.8 Å². The van der Waals surface area contributed by atoms with E-state index < -0.39 is 6.04 Å². The van der Waals surface area contributed by atoms with Crippen LogP contribution >= 0.6 is 0 Å². The quantitative estimate of drug-likeness (QED) is 0.742. The van der Waals surface area contributed by atoms with E-state index in [1.165, 1.54) is 12.1 Å². The molecule has 0 saturated carbocycles. The Kier molecular flexibility index (Phi) is 5.06. The molecule has 2 amide bonds. The lowest BCUT2D eigenvalue weighted by Gasteiger charge is -2.17. The maximum absolute atomic E-state index is 13.0. The van der Waals surface area contributed by atoms with E-state index >= 15 is 0 Å². The molecule has 1 fully saturated rings. The molecule has 0 unspecified atom stereocenters. The van der Waals surface area contributed by atoms with Crippen LogP contribution in [0.5, 0.6) is 0 Å². The minimum absolute atomic E-state index is 0.0869. The van der Waals surface area contributed by atoms with Crippen molar-refractivity contribution in [2.24, 2.45) is 0 Å². The topological polar surface area (TPSA) is 49.4 Å². The number of hydrogen-bond acceptors (Lipinski definition) is 2. The van der Waals surface area contributed by atoms with Crippen LogP contribution < -0.4 is 5.32 Å². The number of carbonyl (C=O) groups is 2. The number of fused-ring (bicyclic) bond motifs is 1. The molecule has 0 bridgehead atoms. The molecule has 0 aromatic heterocycles.